The molecule has 2 nitrogen and oxygen atoms in total. The van der Waals surface area contributed by atoms with Gasteiger partial charge in [-0.2, -0.15) is 0 Å². The van der Waals surface area contributed by atoms with E-state index in [1.54, 1.807) is 7.11 Å². The first-order valence-electron chi connectivity index (χ1n) is 6.73. The van der Waals surface area contributed by atoms with Crippen LogP contribution in [-0.2, 0) is 6.54 Å². The van der Waals surface area contributed by atoms with E-state index in [0.29, 0.717) is 6.04 Å². The van der Waals surface area contributed by atoms with Crippen molar-refractivity contribution in [1.29, 1.82) is 0 Å². The van der Waals surface area contributed by atoms with Gasteiger partial charge in [0.15, 0.2) is 0 Å². The van der Waals surface area contributed by atoms with Gasteiger partial charge in [0.05, 0.1) is 7.11 Å². The van der Waals surface area contributed by atoms with Crippen LogP contribution in [0.5, 0.6) is 5.75 Å². The third kappa shape index (κ3) is 3.82. The molecule has 1 unspecified atom stereocenters. The average molecular weight is 275 g/mol. The second-order valence-electron chi connectivity index (χ2n) is 4.55. The van der Waals surface area contributed by atoms with E-state index in [4.69, 9.17) is 4.74 Å². The lowest BCUT2D eigenvalue weighted by Crippen LogP contribution is -2.20. The van der Waals surface area contributed by atoms with Crippen molar-refractivity contribution in [2.75, 3.05) is 7.11 Å². The van der Waals surface area contributed by atoms with E-state index in [-0.39, 0.29) is 0 Å². The average Bonchev–Trinajstić information content (AvgIpc) is 2.97. The zero-order valence-electron chi connectivity index (χ0n) is 11.6. The van der Waals surface area contributed by atoms with Crippen LogP contribution in [0.4, 0.5) is 0 Å². The van der Waals surface area contributed by atoms with Crippen LogP contribution in [0.2, 0.25) is 0 Å². The minimum absolute atomic E-state index is 0.440. The molecule has 0 saturated heterocycles. The van der Waals surface area contributed by atoms with Gasteiger partial charge in [0.2, 0.25) is 0 Å². The molecule has 0 bridgehead atoms. The second kappa shape index (κ2) is 7.31. The third-order valence-corrected chi connectivity index (χ3v) is 4.18. The highest BCUT2D eigenvalue weighted by Gasteiger charge is 2.11. The molecule has 2 aromatic rings. The van der Waals surface area contributed by atoms with Crippen LogP contribution in [-0.4, -0.2) is 7.11 Å². The number of hydrogen-bond donors (Lipinski definition) is 1. The topological polar surface area (TPSA) is 21.3 Å². The first-order valence-corrected chi connectivity index (χ1v) is 7.61. The van der Waals surface area contributed by atoms with E-state index in [0.717, 1.165) is 18.7 Å². The number of rotatable bonds is 7. The van der Waals surface area contributed by atoms with Crippen LogP contribution < -0.4 is 10.1 Å². The highest BCUT2D eigenvalue weighted by atomic mass is 32.1. The Morgan fingerprint density at radius 2 is 2.05 bits per heavy atom. The molecule has 0 amide bonds. The molecule has 3 heteroatoms. The molecule has 19 heavy (non-hydrogen) atoms. The molecule has 0 radical (unpaired) electrons. The molecule has 0 spiro atoms. The Kier molecular flexibility index (Phi) is 5.43. The van der Waals surface area contributed by atoms with Gasteiger partial charge in [-0.15, -0.1) is 11.3 Å². The maximum atomic E-state index is 5.39. The van der Waals surface area contributed by atoms with Gasteiger partial charge >= 0.3 is 0 Å². The first-order chi connectivity index (χ1) is 9.35. The van der Waals surface area contributed by atoms with Crippen molar-refractivity contribution in [2.45, 2.75) is 32.4 Å². The van der Waals surface area contributed by atoms with Crippen molar-refractivity contribution < 1.29 is 4.74 Å². The zero-order chi connectivity index (χ0) is 13.5. The van der Waals surface area contributed by atoms with Gasteiger partial charge in [-0.1, -0.05) is 37.6 Å². The van der Waals surface area contributed by atoms with Crippen molar-refractivity contribution in [3.8, 4) is 5.75 Å². The summed E-state index contributed by atoms with van der Waals surface area (Å²) >= 11 is 1.82. The molecule has 1 atom stereocenters. The molecule has 0 aliphatic heterocycles. The fourth-order valence-corrected chi connectivity index (χ4v) is 3.04. The van der Waals surface area contributed by atoms with Crippen molar-refractivity contribution >= 4 is 11.3 Å². The van der Waals surface area contributed by atoms with Crippen LogP contribution in [0.3, 0.4) is 0 Å². The predicted octanol–water partition coefficient (Wildman–Crippen LogP) is 4.39. The monoisotopic (exact) mass is 275 g/mol. The van der Waals surface area contributed by atoms with Gasteiger partial charge in [-0.3, -0.25) is 0 Å². The highest BCUT2D eigenvalue weighted by molar-refractivity contribution is 7.10. The van der Waals surface area contributed by atoms with Crippen molar-refractivity contribution in [2.24, 2.45) is 0 Å². The molecular formula is C16H21NOS. The SMILES string of the molecule is CCCC(NCc1ccccc1OC)c1cccs1. The van der Waals surface area contributed by atoms with Crippen LogP contribution in [0.15, 0.2) is 41.8 Å². The van der Waals surface area contributed by atoms with Gasteiger partial charge in [0, 0.05) is 23.0 Å². The highest BCUT2D eigenvalue weighted by Crippen LogP contribution is 2.25. The van der Waals surface area contributed by atoms with E-state index < -0.39 is 0 Å². The Morgan fingerprint density at radius 3 is 2.74 bits per heavy atom. The number of para-hydroxylation sites is 1. The fraction of sp³-hybridized carbons (Fsp3) is 0.375. The Bertz CT molecular complexity index is 481. The normalized spacial score (nSPS) is 12.3. The summed E-state index contributed by atoms with van der Waals surface area (Å²) in [6, 6.07) is 13.0. The number of benzene rings is 1. The van der Waals surface area contributed by atoms with Gasteiger partial charge in [-0.05, 0) is 23.9 Å². The Labute approximate surface area is 119 Å². The number of nitrogens with one attached hydrogen (secondary N) is 1. The lowest BCUT2D eigenvalue weighted by molar-refractivity contribution is 0.404. The van der Waals surface area contributed by atoms with E-state index in [9.17, 15) is 0 Å². The van der Waals surface area contributed by atoms with Crippen LogP contribution >= 0.6 is 11.3 Å². The largest absolute Gasteiger partial charge is 0.496 e. The summed E-state index contributed by atoms with van der Waals surface area (Å²) < 4.78 is 5.39. The number of methoxy groups -OCH3 is 1. The van der Waals surface area contributed by atoms with Crippen molar-refractivity contribution in [3.63, 3.8) is 0 Å². The number of ether oxygens (including phenoxy) is 1. The second-order valence-corrected chi connectivity index (χ2v) is 5.53. The summed E-state index contributed by atoms with van der Waals surface area (Å²) in [5, 5.41) is 5.79. The molecule has 1 N–H and O–H groups in total. The molecule has 1 aromatic heterocycles. The van der Waals surface area contributed by atoms with Crippen LogP contribution in [0.25, 0.3) is 0 Å². The minimum atomic E-state index is 0.440. The predicted molar refractivity (Wildman–Crippen MR) is 81.8 cm³/mol. The summed E-state index contributed by atoms with van der Waals surface area (Å²) in [6.45, 7) is 3.07. The Morgan fingerprint density at radius 1 is 1.21 bits per heavy atom. The number of hydrogen-bond acceptors (Lipinski definition) is 3. The van der Waals surface area contributed by atoms with Crippen molar-refractivity contribution in [3.05, 3.63) is 52.2 Å². The molecule has 0 fully saturated rings. The Balaban J connectivity index is 2.02. The lowest BCUT2D eigenvalue weighted by Gasteiger charge is -2.17. The quantitative estimate of drug-likeness (QED) is 0.809. The van der Waals surface area contributed by atoms with Crippen LogP contribution in [0.1, 0.15) is 36.2 Å². The lowest BCUT2D eigenvalue weighted by atomic mass is 10.1. The number of thiophene rings is 1. The van der Waals surface area contributed by atoms with Gasteiger partial charge in [0.25, 0.3) is 0 Å². The van der Waals surface area contributed by atoms with Crippen LogP contribution in [0, 0.1) is 0 Å². The summed E-state index contributed by atoms with van der Waals surface area (Å²) in [6.07, 6.45) is 2.34. The van der Waals surface area contributed by atoms with Gasteiger partial charge in [0.1, 0.15) is 5.75 Å². The Hall–Kier alpha value is -1.32. The summed E-state index contributed by atoms with van der Waals surface area (Å²) in [5.41, 5.74) is 1.21. The minimum Gasteiger partial charge on any atom is -0.496 e. The molecule has 0 aliphatic carbocycles. The smallest absolute Gasteiger partial charge is 0.123 e. The molecule has 1 aromatic carbocycles. The molecule has 102 valence electrons. The molecule has 0 saturated carbocycles. The maximum absolute atomic E-state index is 5.39. The van der Waals surface area contributed by atoms with E-state index in [2.05, 4.69) is 41.9 Å². The van der Waals surface area contributed by atoms with E-state index >= 15 is 0 Å². The van der Waals surface area contributed by atoms with Gasteiger partial charge in [-0.25, -0.2) is 0 Å². The standard InChI is InChI=1S/C16H21NOS/c1-3-7-14(16-10-6-11-19-16)17-12-13-8-4-5-9-15(13)18-2/h4-6,8-11,14,17H,3,7,12H2,1-2H3. The maximum Gasteiger partial charge on any atom is 0.123 e. The molecule has 2 rings (SSSR count). The fourth-order valence-electron chi connectivity index (χ4n) is 2.21. The zero-order valence-corrected chi connectivity index (χ0v) is 12.4. The summed E-state index contributed by atoms with van der Waals surface area (Å²) in [5.74, 6) is 0.955. The molecule has 0 aliphatic rings. The van der Waals surface area contributed by atoms with Gasteiger partial charge < -0.3 is 10.1 Å². The van der Waals surface area contributed by atoms with E-state index in [1.807, 2.05) is 23.5 Å². The third-order valence-electron chi connectivity index (χ3n) is 3.20. The summed E-state index contributed by atoms with van der Waals surface area (Å²) in [7, 11) is 1.72. The molecular weight excluding hydrogens is 254 g/mol. The summed E-state index contributed by atoms with van der Waals surface area (Å²) in [4.78, 5) is 1.41. The molecule has 1 heterocycles. The van der Waals surface area contributed by atoms with Crippen molar-refractivity contribution in [1.82, 2.24) is 5.32 Å². The van der Waals surface area contributed by atoms with E-state index in [1.165, 1.54) is 16.9 Å². The first kappa shape index (κ1) is 14.1.